The van der Waals surface area contributed by atoms with Crippen molar-refractivity contribution in [1.82, 2.24) is 9.97 Å². The number of aryl methyl sites for hydroxylation is 1. The third-order valence-electron chi connectivity index (χ3n) is 6.62. The minimum Gasteiger partial charge on any atom is -0.365 e. The molecule has 0 spiro atoms. The second kappa shape index (κ2) is 10.4. The normalized spacial score (nSPS) is 14.1. The number of aromatic amines is 1. The molecule has 1 atom stereocenters. The Morgan fingerprint density at radius 3 is 2.57 bits per heavy atom. The first-order chi connectivity index (χ1) is 17.7. The fraction of sp³-hybridized carbons (Fsp3) is 0.333. The van der Waals surface area contributed by atoms with Gasteiger partial charge >= 0.3 is 0 Å². The molecule has 4 aromatic rings. The Morgan fingerprint density at radius 2 is 1.86 bits per heavy atom. The number of nitrogens with two attached hydrogens (primary N) is 1. The largest absolute Gasteiger partial charge is 0.365 e. The molecule has 4 N–H and O–H groups in total. The highest BCUT2D eigenvalue weighted by molar-refractivity contribution is 8.00. The molecular formula is C27H28N4O3S3. The van der Waals surface area contributed by atoms with E-state index in [1.807, 2.05) is 17.5 Å². The molecule has 1 aliphatic carbocycles. The summed E-state index contributed by atoms with van der Waals surface area (Å²) in [5.74, 6) is -0.352. The summed E-state index contributed by atoms with van der Waals surface area (Å²) in [5, 5.41) is 5.75. The minimum absolute atomic E-state index is 0.230. The standard InChI is InChI=1S/C27H28N4O3S3/c1-13(2)15-8-10-16(11-9-15)18-12-35-25-21(18)24(34)30-27(31-25)36-14(3)23(33)29-26-20(22(28)32)17-6-4-5-7-19(17)37-26/h8-14H,4-7H2,1-3H3,(H2,28,32)(H,29,33)(H,30,31,34). The molecule has 5 rings (SSSR count). The number of thioether (sulfide) groups is 1. The Labute approximate surface area is 226 Å². The molecule has 7 nitrogen and oxygen atoms in total. The topological polar surface area (TPSA) is 118 Å². The number of H-pyrrole nitrogens is 1. The van der Waals surface area contributed by atoms with E-state index in [1.54, 1.807) is 6.92 Å². The molecule has 0 saturated carbocycles. The second-order valence-electron chi connectivity index (χ2n) is 9.51. The van der Waals surface area contributed by atoms with E-state index in [9.17, 15) is 14.4 Å². The van der Waals surface area contributed by atoms with Crippen LogP contribution in [0.15, 0.2) is 39.6 Å². The van der Waals surface area contributed by atoms with Gasteiger partial charge in [-0.2, -0.15) is 0 Å². The van der Waals surface area contributed by atoms with Crippen LogP contribution in [0, 0.1) is 0 Å². The van der Waals surface area contributed by atoms with Gasteiger partial charge in [0.15, 0.2) is 5.16 Å². The van der Waals surface area contributed by atoms with Crippen LogP contribution in [-0.2, 0) is 17.6 Å². The van der Waals surface area contributed by atoms with Gasteiger partial charge in [-0.15, -0.1) is 22.7 Å². The maximum atomic E-state index is 13.1. The molecule has 2 amide bonds. The molecule has 0 saturated heterocycles. The number of rotatable bonds is 7. The van der Waals surface area contributed by atoms with E-state index in [-0.39, 0.29) is 11.5 Å². The summed E-state index contributed by atoms with van der Waals surface area (Å²) in [6, 6.07) is 8.24. The molecule has 1 aliphatic rings. The van der Waals surface area contributed by atoms with Crippen LogP contribution in [0.1, 0.15) is 65.9 Å². The number of amides is 2. The number of primary amides is 1. The molecule has 3 aromatic heterocycles. The molecular weight excluding hydrogens is 525 g/mol. The molecule has 10 heteroatoms. The van der Waals surface area contributed by atoms with Gasteiger partial charge in [0.25, 0.3) is 11.5 Å². The zero-order valence-corrected chi connectivity index (χ0v) is 23.3. The van der Waals surface area contributed by atoms with Gasteiger partial charge in [0.05, 0.1) is 16.2 Å². The zero-order chi connectivity index (χ0) is 26.3. The number of aromatic nitrogens is 2. The number of anilines is 1. The fourth-order valence-electron chi connectivity index (χ4n) is 4.59. The molecule has 1 aromatic carbocycles. The highest BCUT2D eigenvalue weighted by atomic mass is 32.2. The van der Waals surface area contributed by atoms with Gasteiger partial charge < -0.3 is 16.0 Å². The predicted molar refractivity (Wildman–Crippen MR) is 153 cm³/mol. The van der Waals surface area contributed by atoms with Crippen molar-refractivity contribution in [2.45, 2.75) is 62.8 Å². The highest BCUT2D eigenvalue weighted by Gasteiger charge is 2.26. The Balaban J connectivity index is 1.35. The van der Waals surface area contributed by atoms with Crippen molar-refractivity contribution in [3.8, 4) is 11.1 Å². The molecule has 37 heavy (non-hydrogen) atoms. The Hall–Kier alpha value is -2.95. The molecule has 192 valence electrons. The number of nitrogens with zero attached hydrogens (tertiary/aromatic N) is 1. The summed E-state index contributed by atoms with van der Waals surface area (Å²) in [5.41, 5.74) is 9.90. The average molecular weight is 553 g/mol. The average Bonchev–Trinajstić information content (AvgIpc) is 3.45. The van der Waals surface area contributed by atoms with Crippen LogP contribution in [0.4, 0.5) is 5.00 Å². The van der Waals surface area contributed by atoms with Crippen molar-refractivity contribution in [2.75, 3.05) is 5.32 Å². The van der Waals surface area contributed by atoms with Crippen molar-refractivity contribution in [1.29, 1.82) is 0 Å². The van der Waals surface area contributed by atoms with E-state index in [0.29, 0.717) is 31.9 Å². The first-order valence-corrected chi connectivity index (χ1v) is 14.8. The first-order valence-electron chi connectivity index (χ1n) is 12.3. The van der Waals surface area contributed by atoms with Gasteiger partial charge in [0, 0.05) is 15.8 Å². The Bertz CT molecular complexity index is 1550. The molecule has 1 unspecified atom stereocenters. The third kappa shape index (κ3) is 5.10. The number of hydrogen-bond acceptors (Lipinski definition) is 7. The van der Waals surface area contributed by atoms with E-state index < -0.39 is 11.2 Å². The van der Waals surface area contributed by atoms with Crippen LogP contribution < -0.4 is 16.6 Å². The molecule has 3 heterocycles. The SMILES string of the molecule is CC(Sc1nc2scc(-c3ccc(C(C)C)cc3)c2c(=O)[nH]1)C(=O)Nc1sc2c(c1C(N)=O)CCCC2. The van der Waals surface area contributed by atoms with E-state index in [0.717, 1.165) is 47.3 Å². The Morgan fingerprint density at radius 1 is 1.14 bits per heavy atom. The van der Waals surface area contributed by atoms with E-state index in [1.165, 1.54) is 40.0 Å². The van der Waals surface area contributed by atoms with Crippen molar-refractivity contribution in [3.63, 3.8) is 0 Å². The van der Waals surface area contributed by atoms with Crippen LogP contribution >= 0.6 is 34.4 Å². The van der Waals surface area contributed by atoms with Crippen LogP contribution in [-0.4, -0.2) is 27.0 Å². The number of benzene rings is 1. The van der Waals surface area contributed by atoms with Gasteiger partial charge in [-0.25, -0.2) is 4.98 Å². The maximum absolute atomic E-state index is 13.1. The summed E-state index contributed by atoms with van der Waals surface area (Å²) in [7, 11) is 0. The van der Waals surface area contributed by atoms with Gasteiger partial charge in [-0.3, -0.25) is 14.4 Å². The number of carbonyl (C=O) groups is 2. The summed E-state index contributed by atoms with van der Waals surface area (Å²) in [4.78, 5) is 47.4. The van der Waals surface area contributed by atoms with Gasteiger partial charge in [-0.1, -0.05) is 49.9 Å². The third-order valence-corrected chi connectivity index (χ3v) is 9.69. The lowest BCUT2D eigenvalue weighted by Gasteiger charge is -2.12. The number of carbonyl (C=O) groups excluding carboxylic acids is 2. The number of nitrogens with one attached hydrogen (secondary N) is 2. The van der Waals surface area contributed by atoms with Crippen molar-refractivity contribution in [3.05, 3.63) is 61.6 Å². The van der Waals surface area contributed by atoms with E-state index >= 15 is 0 Å². The van der Waals surface area contributed by atoms with Gasteiger partial charge in [0.2, 0.25) is 5.91 Å². The van der Waals surface area contributed by atoms with Crippen LogP contribution in [0.25, 0.3) is 21.3 Å². The monoisotopic (exact) mass is 552 g/mol. The minimum atomic E-state index is -0.552. The molecule has 0 bridgehead atoms. The molecule has 0 aliphatic heterocycles. The molecule has 0 fully saturated rings. The summed E-state index contributed by atoms with van der Waals surface area (Å²) in [6.45, 7) is 6.04. The van der Waals surface area contributed by atoms with Gasteiger partial charge in [0.1, 0.15) is 9.83 Å². The predicted octanol–water partition coefficient (Wildman–Crippen LogP) is 5.93. The Kier molecular flexibility index (Phi) is 7.24. The van der Waals surface area contributed by atoms with Crippen molar-refractivity contribution >= 4 is 61.5 Å². The van der Waals surface area contributed by atoms with Crippen molar-refractivity contribution < 1.29 is 9.59 Å². The lowest BCUT2D eigenvalue weighted by Crippen LogP contribution is -2.24. The quantitative estimate of drug-likeness (QED) is 0.194. The zero-order valence-electron chi connectivity index (χ0n) is 20.8. The summed E-state index contributed by atoms with van der Waals surface area (Å²) >= 11 is 4.02. The number of thiophene rings is 2. The number of hydrogen-bond donors (Lipinski definition) is 3. The van der Waals surface area contributed by atoms with Crippen LogP contribution in [0.5, 0.6) is 0 Å². The second-order valence-corrected chi connectivity index (χ2v) is 12.8. The smallest absolute Gasteiger partial charge is 0.260 e. The van der Waals surface area contributed by atoms with Crippen LogP contribution in [0.3, 0.4) is 0 Å². The fourth-order valence-corrected chi connectivity index (χ4v) is 7.69. The van der Waals surface area contributed by atoms with E-state index in [2.05, 4.69) is 41.3 Å². The maximum Gasteiger partial charge on any atom is 0.260 e. The highest BCUT2D eigenvalue weighted by Crippen LogP contribution is 2.38. The van der Waals surface area contributed by atoms with Crippen LogP contribution in [0.2, 0.25) is 0 Å². The number of fused-ring (bicyclic) bond motifs is 2. The lowest BCUT2D eigenvalue weighted by molar-refractivity contribution is -0.115. The summed E-state index contributed by atoms with van der Waals surface area (Å²) < 4.78 is 0. The summed E-state index contributed by atoms with van der Waals surface area (Å²) in [6.07, 6.45) is 3.79. The van der Waals surface area contributed by atoms with Gasteiger partial charge in [-0.05, 0) is 55.2 Å². The first kappa shape index (κ1) is 25.7. The van der Waals surface area contributed by atoms with Crippen molar-refractivity contribution in [2.24, 2.45) is 5.73 Å². The van der Waals surface area contributed by atoms with E-state index in [4.69, 9.17) is 5.73 Å². The lowest BCUT2D eigenvalue weighted by atomic mass is 9.95. The molecule has 0 radical (unpaired) electrons.